The summed E-state index contributed by atoms with van der Waals surface area (Å²) in [4.78, 5) is 24.5. The molecule has 1 N–H and O–H groups in total. The monoisotopic (exact) mass is 230 g/mol. The minimum absolute atomic E-state index is 0.0354. The lowest BCUT2D eigenvalue weighted by Crippen LogP contribution is -2.40. The van der Waals surface area contributed by atoms with Crippen molar-refractivity contribution >= 4 is 11.8 Å². The normalized spacial score (nSPS) is 12.6. The van der Waals surface area contributed by atoms with Crippen LogP contribution in [0.5, 0.6) is 0 Å². The van der Waals surface area contributed by atoms with E-state index in [9.17, 15) is 9.59 Å². The maximum Gasteiger partial charge on any atom is 0.307 e. The van der Waals surface area contributed by atoms with Gasteiger partial charge in [0.25, 0.3) is 0 Å². The fourth-order valence-electron chi connectivity index (χ4n) is 1.21. The molecule has 0 aliphatic heterocycles. The van der Waals surface area contributed by atoms with Gasteiger partial charge in [0.15, 0.2) is 0 Å². The Labute approximate surface area is 97.1 Å². The molecule has 0 rings (SSSR count). The first-order chi connectivity index (χ1) is 7.47. The van der Waals surface area contributed by atoms with Crippen molar-refractivity contribution in [2.75, 3.05) is 33.8 Å². The molecule has 16 heavy (non-hydrogen) atoms. The zero-order chi connectivity index (χ0) is 12.6. The van der Waals surface area contributed by atoms with Gasteiger partial charge in [-0.3, -0.25) is 9.59 Å². The lowest BCUT2D eigenvalue weighted by Gasteiger charge is -2.16. The molecule has 0 aliphatic carbocycles. The van der Waals surface area contributed by atoms with Gasteiger partial charge in [0.1, 0.15) is 5.78 Å². The predicted molar refractivity (Wildman–Crippen MR) is 62.3 cm³/mol. The number of esters is 1. The van der Waals surface area contributed by atoms with E-state index in [2.05, 4.69) is 5.32 Å². The summed E-state index contributed by atoms with van der Waals surface area (Å²) in [6, 6.07) is -0.431. The molecule has 5 nitrogen and oxygen atoms in total. The molecule has 1 atom stereocenters. The zero-order valence-corrected chi connectivity index (χ0v) is 10.6. The number of nitrogens with zero attached hydrogens (tertiary/aromatic N) is 1. The number of likely N-dealkylation sites (N-methyl/N-ethyl adjacent to an activating group) is 1. The standard InChI is InChI=1S/C11H22N2O3/c1-5-16-11(15)8-10(9(2)14)12-6-7-13(3)4/h10,12H,5-8H2,1-4H3. The average molecular weight is 230 g/mol. The predicted octanol–water partition coefficient (Wildman–Crippen LogP) is 0.0484. The Morgan fingerprint density at radius 2 is 2.00 bits per heavy atom. The van der Waals surface area contributed by atoms with Crippen LogP contribution in [0.3, 0.4) is 0 Å². The molecule has 94 valence electrons. The van der Waals surface area contributed by atoms with E-state index in [4.69, 9.17) is 4.74 Å². The van der Waals surface area contributed by atoms with Crippen LogP contribution < -0.4 is 5.32 Å². The molecular weight excluding hydrogens is 208 g/mol. The van der Waals surface area contributed by atoms with Gasteiger partial charge in [0.2, 0.25) is 0 Å². The van der Waals surface area contributed by atoms with Crippen molar-refractivity contribution in [3.05, 3.63) is 0 Å². The summed E-state index contributed by atoms with van der Waals surface area (Å²) in [5.41, 5.74) is 0. The van der Waals surface area contributed by atoms with Gasteiger partial charge >= 0.3 is 5.97 Å². The van der Waals surface area contributed by atoms with Gasteiger partial charge in [0, 0.05) is 13.1 Å². The van der Waals surface area contributed by atoms with Gasteiger partial charge in [0.05, 0.1) is 19.1 Å². The van der Waals surface area contributed by atoms with Gasteiger partial charge in [-0.05, 0) is 27.9 Å². The molecule has 0 saturated carbocycles. The topological polar surface area (TPSA) is 58.6 Å². The molecule has 0 fully saturated rings. The highest BCUT2D eigenvalue weighted by Gasteiger charge is 2.18. The van der Waals surface area contributed by atoms with Crippen LogP contribution in [-0.4, -0.2) is 56.5 Å². The fraction of sp³-hybridized carbons (Fsp3) is 0.818. The maximum atomic E-state index is 11.3. The molecule has 0 spiro atoms. The van der Waals surface area contributed by atoms with Crippen molar-refractivity contribution in [2.45, 2.75) is 26.3 Å². The first kappa shape index (κ1) is 15.1. The summed E-state index contributed by atoms with van der Waals surface area (Å²) in [6.45, 7) is 5.08. The number of hydrogen-bond donors (Lipinski definition) is 1. The third-order valence-electron chi connectivity index (χ3n) is 2.12. The second-order valence-corrected chi connectivity index (χ2v) is 3.93. The Balaban J connectivity index is 3.98. The van der Waals surface area contributed by atoms with E-state index in [1.165, 1.54) is 6.92 Å². The minimum atomic E-state index is -0.431. The smallest absolute Gasteiger partial charge is 0.307 e. The Hall–Kier alpha value is -0.940. The van der Waals surface area contributed by atoms with Gasteiger partial charge in [-0.1, -0.05) is 0 Å². The van der Waals surface area contributed by atoms with Gasteiger partial charge in [-0.25, -0.2) is 0 Å². The summed E-state index contributed by atoms with van der Waals surface area (Å²) in [6.07, 6.45) is 0.108. The number of hydrogen-bond acceptors (Lipinski definition) is 5. The van der Waals surface area contributed by atoms with Crippen molar-refractivity contribution in [1.82, 2.24) is 10.2 Å². The highest BCUT2D eigenvalue weighted by molar-refractivity contribution is 5.86. The van der Waals surface area contributed by atoms with Crippen molar-refractivity contribution in [2.24, 2.45) is 0 Å². The van der Waals surface area contributed by atoms with Crippen molar-refractivity contribution in [3.8, 4) is 0 Å². The van der Waals surface area contributed by atoms with Crippen LogP contribution in [0.25, 0.3) is 0 Å². The minimum Gasteiger partial charge on any atom is -0.466 e. The van der Waals surface area contributed by atoms with Gasteiger partial charge in [-0.15, -0.1) is 0 Å². The number of carbonyl (C=O) groups excluding carboxylic acids is 2. The lowest BCUT2D eigenvalue weighted by molar-refractivity contribution is -0.145. The first-order valence-corrected chi connectivity index (χ1v) is 5.51. The third-order valence-corrected chi connectivity index (χ3v) is 2.12. The number of Topliss-reactive ketones (excluding diaryl/α,β-unsaturated/α-hetero) is 1. The molecule has 0 radical (unpaired) electrons. The molecule has 0 aliphatic rings. The SMILES string of the molecule is CCOC(=O)CC(NCCN(C)C)C(C)=O. The summed E-state index contributed by atoms with van der Waals surface area (Å²) in [7, 11) is 3.91. The van der Waals surface area contributed by atoms with Crippen LogP contribution in [0.2, 0.25) is 0 Å². The zero-order valence-electron chi connectivity index (χ0n) is 10.6. The Bertz CT molecular complexity index is 229. The first-order valence-electron chi connectivity index (χ1n) is 5.51. The lowest BCUT2D eigenvalue weighted by atomic mass is 10.1. The average Bonchev–Trinajstić information content (AvgIpc) is 2.15. The molecule has 5 heteroatoms. The van der Waals surface area contributed by atoms with E-state index in [0.29, 0.717) is 13.2 Å². The maximum absolute atomic E-state index is 11.3. The van der Waals surface area contributed by atoms with Crippen LogP contribution in [0.4, 0.5) is 0 Å². The molecule has 1 unspecified atom stereocenters. The molecule has 0 aromatic carbocycles. The van der Waals surface area contributed by atoms with Crippen LogP contribution in [-0.2, 0) is 14.3 Å². The largest absolute Gasteiger partial charge is 0.466 e. The Morgan fingerprint density at radius 1 is 1.38 bits per heavy atom. The summed E-state index contributed by atoms with van der Waals surface area (Å²) < 4.78 is 4.81. The number of nitrogens with one attached hydrogen (secondary N) is 1. The number of rotatable bonds is 8. The van der Waals surface area contributed by atoms with Gasteiger partial charge in [-0.2, -0.15) is 0 Å². The molecule has 0 heterocycles. The quantitative estimate of drug-likeness (QED) is 0.597. The van der Waals surface area contributed by atoms with Crippen molar-refractivity contribution in [3.63, 3.8) is 0 Å². The Kier molecular flexibility index (Phi) is 7.76. The summed E-state index contributed by atoms with van der Waals surface area (Å²) in [5.74, 6) is -0.369. The van der Waals surface area contributed by atoms with E-state index in [-0.39, 0.29) is 18.2 Å². The molecule has 0 aromatic heterocycles. The summed E-state index contributed by atoms with van der Waals surface area (Å²) >= 11 is 0. The molecule has 0 saturated heterocycles. The van der Waals surface area contributed by atoms with E-state index in [0.717, 1.165) is 6.54 Å². The van der Waals surface area contributed by atoms with Crippen LogP contribution in [0, 0.1) is 0 Å². The van der Waals surface area contributed by atoms with Crippen LogP contribution in [0.1, 0.15) is 20.3 Å². The molecule has 0 aromatic rings. The number of ketones is 1. The van der Waals surface area contributed by atoms with E-state index in [1.807, 2.05) is 19.0 Å². The summed E-state index contributed by atoms with van der Waals surface area (Å²) in [5, 5.41) is 3.05. The highest BCUT2D eigenvalue weighted by Crippen LogP contribution is 1.97. The molecule has 0 bridgehead atoms. The second kappa shape index (κ2) is 8.24. The third kappa shape index (κ3) is 7.36. The van der Waals surface area contributed by atoms with Gasteiger partial charge < -0.3 is 15.0 Å². The highest BCUT2D eigenvalue weighted by atomic mass is 16.5. The molecular formula is C11H22N2O3. The van der Waals surface area contributed by atoms with E-state index < -0.39 is 6.04 Å². The van der Waals surface area contributed by atoms with Crippen molar-refractivity contribution < 1.29 is 14.3 Å². The molecule has 0 amide bonds. The van der Waals surface area contributed by atoms with Crippen LogP contribution >= 0.6 is 0 Å². The Morgan fingerprint density at radius 3 is 2.44 bits per heavy atom. The fourth-order valence-corrected chi connectivity index (χ4v) is 1.21. The van der Waals surface area contributed by atoms with E-state index in [1.54, 1.807) is 6.92 Å². The number of ether oxygens (including phenoxy) is 1. The van der Waals surface area contributed by atoms with Crippen molar-refractivity contribution in [1.29, 1.82) is 0 Å². The number of carbonyl (C=O) groups is 2. The second-order valence-electron chi connectivity index (χ2n) is 3.93. The van der Waals surface area contributed by atoms with E-state index >= 15 is 0 Å². The van der Waals surface area contributed by atoms with Crippen LogP contribution in [0.15, 0.2) is 0 Å².